The zero-order valence-corrected chi connectivity index (χ0v) is 12.2. The van der Waals surface area contributed by atoms with E-state index in [0.29, 0.717) is 29.0 Å². The van der Waals surface area contributed by atoms with Crippen LogP contribution >= 0.6 is 0 Å². The van der Waals surface area contributed by atoms with Crippen LogP contribution in [0, 0.1) is 12.7 Å². The lowest BCUT2D eigenvalue weighted by molar-refractivity contribution is 0.330. The number of fused-ring (bicyclic) bond motifs is 1. The van der Waals surface area contributed by atoms with Crippen molar-refractivity contribution in [2.45, 2.75) is 13.8 Å². The molecule has 2 N–H and O–H groups in total. The maximum Gasteiger partial charge on any atom is 0.247 e. The highest BCUT2D eigenvalue weighted by atomic mass is 19.1. The normalized spacial score (nSPS) is 10.9. The number of nitrogen functional groups attached to an aromatic ring is 1. The first-order valence-corrected chi connectivity index (χ1v) is 6.78. The fourth-order valence-corrected chi connectivity index (χ4v) is 2.08. The molecule has 2 heterocycles. The van der Waals surface area contributed by atoms with Gasteiger partial charge in [-0.2, -0.15) is 9.97 Å². The largest absolute Gasteiger partial charge is 0.476 e. The number of rotatable bonds is 3. The zero-order valence-electron chi connectivity index (χ0n) is 12.2. The van der Waals surface area contributed by atoms with Crippen LogP contribution < -0.4 is 10.5 Å². The number of aromatic nitrogens is 4. The summed E-state index contributed by atoms with van der Waals surface area (Å²) in [6, 6.07) is 4.76. The Morgan fingerprint density at radius 1 is 1.23 bits per heavy atom. The lowest BCUT2D eigenvalue weighted by atomic mass is 10.1. The van der Waals surface area contributed by atoms with Crippen molar-refractivity contribution >= 4 is 17.1 Å². The molecular weight excluding hydrogens is 285 g/mol. The highest BCUT2D eigenvalue weighted by Crippen LogP contribution is 2.25. The van der Waals surface area contributed by atoms with Gasteiger partial charge in [-0.15, -0.1) is 0 Å². The zero-order chi connectivity index (χ0) is 15.7. The summed E-state index contributed by atoms with van der Waals surface area (Å²) < 4.78 is 18.8. The van der Waals surface area contributed by atoms with Crippen LogP contribution in [0.5, 0.6) is 5.88 Å². The fraction of sp³-hybridized carbons (Fsp3) is 0.200. The molecule has 6 nitrogen and oxygen atoms in total. The molecule has 0 fully saturated rings. The molecular formula is C15H14FN5O. The Hall–Kier alpha value is -2.83. The molecule has 0 saturated carbocycles. The summed E-state index contributed by atoms with van der Waals surface area (Å²) >= 11 is 0. The van der Waals surface area contributed by atoms with Gasteiger partial charge in [-0.3, -0.25) is 0 Å². The Kier molecular flexibility index (Phi) is 3.54. The first kappa shape index (κ1) is 14.1. The van der Waals surface area contributed by atoms with Gasteiger partial charge >= 0.3 is 0 Å². The predicted molar refractivity (Wildman–Crippen MR) is 80.8 cm³/mol. The number of anilines is 1. The summed E-state index contributed by atoms with van der Waals surface area (Å²) in [6.45, 7) is 3.96. The lowest BCUT2D eigenvalue weighted by Crippen LogP contribution is -2.04. The summed E-state index contributed by atoms with van der Waals surface area (Å²) in [5, 5.41) is 0. The number of nitrogens with two attached hydrogens (primary N) is 1. The summed E-state index contributed by atoms with van der Waals surface area (Å²) in [7, 11) is 0. The van der Waals surface area contributed by atoms with Crippen LogP contribution in [0.3, 0.4) is 0 Å². The molecule has 0 unspecified atom stereocenters. The van der Waals surface area contributed by atoms with Crippen LogP contribution in [-0.2, 0) is 0 Å². The van der Waals surface area contributed by atoms with Gasteiger partial charge in [0.1, 0.15) is 5.82 Å². The Morgan fingerprint density at radius 2 is 2.05 bits per heavy atom. The Bertz CT molecular complexity index is 853. The second-order valence-corrected chi connectivity index (χ2v) is 4.71. The third-order valence-electron chi connectivity index (χ3n) is 3.13. The molecule has 0 aliphatic rings. The van der Waals surface area contributed by atoms with Gasteiger partial charge in [-0.1, -0.05) is 0 Å². The standard InChI is InChI=1S/C15H14FN5O/c1-3-22-14-12-13(20-15(17)21-14)18-7-11(19-12)9-4-5-10(16)8(2)6-9/h4-7H,3H2,1-2H3,(H2,17,18,20,21). The monoisotopic (exact) mass is 299 g/mol. The van der Waals surface area contributed by atoms with Gasteiger partial charge in [0.2, 0.25) is 11.8 Å². The molecule has 0 aliphatic carbocycles. The first-order chi connectivity index (χ1) is 10.6. The van der Waals surface area contributed by atoms with Crippen LogP contribution in [0.25, 0.3) is 22.4 Å². The van der Waals surface area contributed by atoms with E-state index in [-0.39, 0.29) is 17.6 Å². The van der Waals surface area contributed by atoms with Crippen LogP contribution in [0.1, 0.15) is 12.5 Å². The van der Waals surface area contributed by atoms with Crippen LogP contribution in [0.15, 0.2) is 24.4 Å². The van der Waals surface area contributed by atoms with Crippen molar-refractivity contribution in [1.29, 1.82) is 0 Å². The molecule has 7 heteroatoms. The molecule has 22 heavy (non-hydrogen) atoms. The number of halogens is 1. The molecule has 3 aromatic rings. The molecule has 1 aromatic carbocycles. The molecule has 2 aromatic heterocycles. The second-order valence-electron chi connectivity index (χ2n) is 4.71. The molecule has 0 aliphatic heterocycles. The number of ether oxygens (including phenoxy) is 1. The number of hydrogen-bond donors (Lipinski definition) is 1. The smallest absolute Gasteiger partial charge is 0.247 e. The minimum Gasteiger partial charge on any atom is -0.476 e. The molecule has 0 radical (unpaired) electrons. The van der Waals surface area contributed by atoms with Crippen LogP contribution in [0.4, 0.5) is 10.3 Å². The van der Waals surface area contributed by atoms with Crippen molar-refractivity contribution in [3.05, 3.63) is 35.8 Å². The molecule has 0 atom stereocenters. The summed E-state index contributed by atoms with van der Waals surface area (Å²) in [5.74, 6) is 0.109. The van der Waals surface area contributed by atoms with Crippen molar-refractivity contribution in [3.8, 4) is 17.1 Å². The molecule has 0 spiro atoms. The van der Waals surface area contributed by atoms with E-state index in [2.05, 4.69) is 19.9 Å². The highest BCUT2D eigenvalue weighted by Gasteiger charge is 2.12. The van der Waals surface area contributed by atoms with E-state index >= 15 is 0 Å². The van der Waals surface area contributed by atoms with E-state index in [4.69, 9.17) is 10.5 Å². The number of hydrogen-bond acceptors (Lipinski definition) is 6. The maximum atomic E-state index is 13.4. The minimum absolute atomic E-state index is 0.0793. The highest BCUT2D eigenvalue weighted by molar-refractivity contribution is 5.79. The van der Waals surface area contributed by atoms with Crippen molar-refractivity contribution in [2.24, 2.45) is 0 Å². The lowest BCUT2D eigenvalue weighted by Gasteiger charge is -2.08. The molecule has 112 valence electrons. The maximum absolute atomic E-state index is 13.4. The van der Waals surface area contributed by atoms with E-state index in [9.17, 15) is 4.39 Å². The van der Waals surface area contributed by atoms with E-state index < -0.39 is 0 Å². The molecule has 0 saturated heterocycles. The van der Waals surface area contributed by atoms with E-state index in [1.807, 2.05) is 6.92 Å². The number of benzene rings is 1. The Balaban J connectivity index is 2.17. The Labute approximate surface area is 126 Å². The van der Waals surface area contributed by atoms with E-state index in [1.165, 1.54) is 6.07 Å². The summed E-state index contributed by atoms with van der Waals surface area (Å²) in [6.07, 6.45) is 1.57. The summed E-state index contributed by atoms with van der Waals surface area (Å²) in [4.78, 5) is 16.8. The van der Waals surface area contributed by atoms with Crippen molar-refractivity contribution in [3.63, 3.8) is 0 Å². The second kappa shape index (κ2) is 5.51. The van der Waals surface area contributed by atoms with Gasteiger partial charge < -0.3 is 10.5 Å². The predicted octanol–water partition coefficient (Wildman–Crippen LogP) is 2.52. The van der Waals surface area contributed by atoms with Crippen molar-refractivity contribution < 1.29 is 9.13 Å². The van der Waals surface area contributed by atoms with Crippen LogP contribution in [0.2, 0.25) is 0 Å². The summed E-state index contributed by atoms with van der Waals surface area (Å²) in [5.41, 5.74) is 8.30. The van der Waals surface area contributed by atoms with Gasteiger partial charge in [-0.25, -0.2) is 14.4 Å². The SMILES string of the molecule is CCOc1nc(N)nc2ncc(-c3ccc(F)c(C)c3)nc12. The fourth-order valence-electron chi connectivity index (χ4n) is 2.08. The van der Waals surface area contributed by atoms with E-state index in [1.54, 1.807) is 25.3 Å². The third kappa shape index (κ3) is 2.52. The first-order valence-electron chi connectivity index (χ1n) is 6.78. The number of nitrogens with zero attached hydrogens (tertiary/aromatic N) is 4. The van der Waals surface area contributed by atoms with Crippen LogP contribution in [-0.4, -0.2) is 26.5 Å². The van der Waals surface area contributed by atoms with Gasteiger partial charge in [-0.05, 0) is 37.6 Å². The van der Waals surface area contributed by atoms with Gasteiger partial charge in [0, 0.05) is 5.56 Å². The minimum atomic E-state index is -0.261. The van der Waals surface area contributed by atoms with E-state index in [0.717, 1.165) is 5.56 Å². The van der Waals surface area contributed by atoms with Gasteiger partial charge in [0.25, 0.3) is 0 Å². The average molecular weight is 299 g/mol. The van der Waals surface area contributed by atoms with Crippen molar-refractivity contribution in [1.82, 2.24) is 19.9 Å². The molecule has 0 amide bonds. The average Bonchev–Trinajstić information content (AvgIpc) is 2.50. The Morgan fingerprint density at radius 3 is 2.77 bits per heavy atom. The van der Waals surface area contributed by atoms with Crippen molar-refractivity contribution in [2.75, 3.05) is 12.3 Å². The number of aryl methyl sites for hydroxylation is 1. The third-order valence-corrected chi connectivity index (χ3v) is 3.13. The van der Waals surface area contributed by atoms with Gasteiger partial charge in [0.05, 0.1) is 18.5 Å². The van der Waals surface area contributed by atoms with Gasteiger partial charge in [0.15, 0.2) is 11.2 Å². The molecule has 0 bridgehead atoms. The molecule has 3 rings (SSSR count). The quantitative estimate of drug-likeness (QED) is 0.799. The topological polar surface area (TPSA) is 86.8 Å².